The molecule has 4 nitrogen and oxygen atoms in total. The summed E-state index contributed by atoms with van der Waals surface area (Å²) in [6.07, 6.45) is 5.62. The van der Waals surface area contributed by atoms with Crippen molar-refractivity contribution >= 4 is 5.97 Å². The molecule has 0 unspecified atom stereocenters. The molecule has 0 aromatic rings. The molecule has 0 heterocycles. The van der Waals surface area contributed by atoms with Crippen LogP contribution in [0.4, 0.5) is 0 Å². The van der Waals surface area contributed by atoms with Gasteiger partial charge in [-0.1, -0.05) is 26.2 Å². The van der Waals surface area contributed by atoms with E-state index in [0.717, 1.165) is 13.0 Å². The summed E-state index contributed by atoms with van der Waals surface area (Å²) >= 11 is 0. The molecule has 0 saturated carbocycles. The normalized spacial score (nSPS) is 10.6. The van der Waals surface area contributed by atoms with Crippen LogP contribution in [0.25, 0.3) is 0 Å². The van der Waals surface area contributed by atoms with Crippen molar-refractivity contribution in [1.82, 2.24) is 0 Å². The molecule has 0 fully saturated rings. The molecular formula is C12H24O4. The van der Waals surface area contributed by atoms with E-state index in [9.17, 15) is 4.79 Å². The van der Waals surface area contributed by atoms with E-state index in [1.807, 2.05) is 0 Å². The number of aliphatic carboxylic acids is 1. The summed E-state index contributed by atoms with van der Waals surface area (Å²) in [7, 11) is 0. The van der Waals surface area contributed by atoms with Gasteiger partial charge in [-0.25, -0.2) is 0 Å². The van der Waals surface area contributed by atoms with Gasteiger partial charge in [0.2, 0.25) is 0 Å². The summed E-state index contributed by atoms with van der Waals surface area (Å²) in [5.41, 5.74) is 0. The van der Waals surface area contributed by atoms with E-state index in [2.05, 4.69) is 6.92 Å². The summed E-state index contributed by atoms with van der Waals surface area (Å²) in [5.74, 6) is -0.768. The topological polar surface area (TPSA) is 55.8 Å². The zero-order valence-corrected chi connectivity index (χ0v) is 10.2. The number of ether oxygens (including phenoxy) is 2. The first-order chi connectivity index (χ1) is 7.77. The van der Waals surface area contributed by atoms with Gasteiger partial charge in [0.05, 0.1) is 13.2 Å². The van der Waals surface area contributed by atoms with Gasteiger partial charge in [0.1, 0.15) is 0 Å². The number of hydrogen-bond acceptors (Lipinski definition) is 3. The van der Waals surface area contributed by atoms with E-state index in [0.29, 0.717) is 26.2 Å². The van der Waals surface area contributed by atoms with Crippen molar-refractivity contribution in [1.29, 1.82) is 0 Å². The number of carboxylic acids is 1. The number of carboxylic acid groups (broad SMARTS) is 1. The molecule has 4 heteroatoms. The minimum atomic E-state index is -0.768. The number of hydrogen-bond donors (Lipinski definition) is 1. The van der Waals surface area contributed by atoms with E-state index in [4.69, 9.17) is 14.6 Å². The van der Waals surface area contributed by atoms with Crippen LogP contribution < -0.4 is 0 Å². The molecule has 0 radical (unpaired) electrons. The smallest absolute Gasteiger partial charge is 0.303 e. The van der Waals surface area contributed by atoms with Gasteiger partial charge < -0.3 is 14.6 Å². The molecule has 16 heavy (non-hydrogen) atoms. The standard InChI is InChI=1S/C12H24O4/c1-2-3-4-5-8-15-10-11-16-9-6-7-12(13)14/h2-11H2,1H3,(H,13,14). The molecule has 0 saturated heterocycles. The summed E-state index contributed by atoms with van der Waals surface area (Å²) < 4.78 is 10.6. The average Bonchev–Trinajstić information content (AvgIpc) is 2.25. The van der Waals surface area contributed by atoms with Crippen molar-refractivity contribution in [2.45, 2.75) is 45.4 Å². The molecule has 0 aliphatic heterocycles. The van der Waals surface area contributed by atoms with Gasteiger partial charge >= 0.3 is 5.97 Å². The van der Waals surface area contributed by atoms with Crippen LogP contribution in [-0.2, 0) is 14.3 Å². The van der Waals surface area contributed by atoms with Crippen LogP contribution in [0.2, 0.25) is 0 Å². The lowest BCUT2D eigenvalue weighted by Crippen LogP contribution is -2.07. The van der Waals surface area contributed by atoms with Gasteiger partial charge in [-0.05, 0) is 12.8 Å². The SMILES string of the molecule is CCCCCCOCCOCCCC(=O)O. The van der Waals surface area contributed by atoms with Gasteiger partial charge in [-0.15, -0.1) is 0 Å². The van der Waals surface area contributed by atoms with Gasteiger partial charge in [-0.2, -0.15) is 0 Å². The van der Waals surface area contributed by atoms with Gasteiger partial charge in [-0.3, -0.25) is 4.79 Å². The molecule has 96 valence electrons. The van der Waals surface area contributed by atoms with Crippen LogP contribution in [0.3, 0.4) is 0 Å². The Kier molecular flexibility index (Phi) is 12.0. The van der Waals surface area contributed by atoms with Crippen molar-refractivity contribution in [3.63, 3.8) is 0 Å². The highest BCUT2D eigenvalue weighted by Gasteiger charge is 1.96. The fourth-order valence-corrected chi connectivity index (χ4v) is 1.28. The minimum absolute atomic E-state index is 0.178. The first-order valence-corrected chi connectivity index (χ1v) is 6.14. The monoisotopic (exact) mass is 232 g/mol. The molecule has 0 amide bonds. The third-order valence-electron chi connectivity index (χ3n) is 2.19. The molecule has 0 rings (SSSR count). The van der Waals surface area contributed by atoms with E-state index in [1.165, 1.54) is 19.3 Å². The summed E-state index contributed by atoms with van der Waals surface area (Å²) in [6, 6.07) is 0. The van der Waals surface area contributed by atoms with Crippen molar-refractivity contribution in [3.8, 4) is 0 Å². The van der Waals surface area contributed by atoms with Gasteiger partial charge in [0.15, 0.2) is 0 Å². The number of carbonyl (C=O) groups is 1. The fraction of sp³-hybridized carbons (Fsp3) is 0.917. The van der Waals surface area contributed by atoms with Crippen LogP contribution in [0, 0.1) is 0 Å². The number of unbranched alkanes of at least 4 members (excludes halogenated alkanes) is 3. The van der Waals surface area contributed by atoms with Crippen molar-refractivity contribution < 1.29 is 19.4 Å². The zero-order chi connectivity index (χ0) is 12.1. The molecule has 0 aromatic carbocycles. The highest BCUT2D eigenvalue weighted by atomic mass is 16.5. The maximum Gasteiger partial charge on any atom is 0.303 e. The van der Waals surface area contributed by atoms with Crippen molar-refractivity contribution in [2.24, 2.45) is 0 Å². The first kappa shape index (κ1) is 15.4. The Hall–Kier alpha value is -0.610. The quantitative estimate of drug-likeness (QED) is 0.525. The van der Waals surface area contributed by atoms with E-state index in [-0.39, 0.29) is 6.42 Å². The lowest BCUT2D eigenvalue weighted by atomic mass is 10.2. The minimum Gasteiger partial charge on any atom is -0.481 e. The highest BCUT2D eigenvalue weighted by molar-refractivity contribution is 5.66. The van der Waals surface area contributed by atoms with Crippen LogP contribution in [0.1, 0.15) is 45.4 Å². The van der Waals surface area contributed by atoms with Crippen molar-refractivity contribution in [2.75, 3.05) is 26.4 Å². The zero-order valence-electron chi connectivity index (χ0n) is 10.2. The summed E-state index contributed by atoms with van der Waals surface area (Å²) in [5, 5.41) is 8.38. The maximum absolute atomic E-state index is 10.2. The molecule has 0 atom stereocenters. The molecule has 0 bridgehead atoms. The predicted molar refractivity (Wildman–Crippen MR) is 62.6 cm³/mol. The van der Waals surface area contributed by atoms with Crippen molar-refractivity contribution in [3.05, 3.63) is 0 Å². The molecule has 0 spiro atoms. The fourth-order valence-electron chi connectivity index (χ4n) is 1.28. The summed E-state index contributed by atoms with van der Waals surface area (Å²) in [6.45, 7) is 4.67. The molecule has 0 aliphatic rings. The van der Waals surface area contributed by atoms with E-state index < -0.39 is 5.97 Å². The van der Waals surface area contributed by atoms with Crippen LogP contribution in [0.5, 0.6) is 0 Å². The Morgan fingerprint density at radius 3 is 2.12 bits per heavy atom. The average molecular weight is 232 g/mol. The predicted octanol–water partition coefficient (Wildman–Crippen LogP) is 2.46. The maximum atomic E-state index is 10.2. The lowest BCUT2D eigenvalue weighted by Gasteiger charge is -2.05. The molecular weight excluding hydrogens is 208 g/mol. The van der Waals surface area contributed by atoms with Crippen LogP contribution >= 0.6 is 0 Å². The Balaban J connectivity index is 2.90. The second-order valence-corrected chi connectivity index (χ2v) is 3.78. The highest BCUT2D eigenvalue weighted by Crippen LogP contribution is 1.98. The first-order valence-electron chi connectivity index (χ1n) is 6.14. The number of rotatable bonds is 12. The second kappa shape index (κ2) is 12.5. The van der Waals surface area contributed by atoms with E-state index in [1.54, 1.807) is 0 Å². The largest absolute Gasteiger partial charge is 0.481 e. The van der Waals surface area contributed by atoms with Gasteiger partial charge in [0.25, 0.3) is 0 Å². The second-order valence-electron chi connectivity index (χ2n) is 3.78. The Morgan fingerprint density at radius 2 is 1.56 bits per heavy atom. The molecule has 0 aliphatic carbocycles. The Labute approximate surface area is 97.9 Å². The van der Waals surface area contributed by atoms with Crippen LogP contribution in [0.15, 0.2) is 0 Å². The lowest BCUT2D eigenvalue weighted by molar-refractivity contribution is -0.137. The van der Waals surface area contributed by atoms with E-state index >= 15 is 0 Å². The Morgan fingerprint density at radius 1 is 0.938 bits per heavy atom. The van der Waals surface area contributed by atoms with Crippen LogP contribution in [-0.4, -0.2) is 37.5 Å². The van der Waals surface area contributed by atoms with Gasteiger partial charge in [0, 0.05) is 19.6 Å². The molecule has 0 aromatic heterocycles. The third kappa shape index (κ3) is 13.4. The summed E-state index contributed by atoms with van der Waals surface area (Å²) in [4.78, 5) is 10.2. The molecule has 1 N–H and O–H groups in total. The third-order valence-corrected chi connectivity index (χ3v) is 2.19. The Bertz CT molecular complexity index is 159.